The normalized spacial score (nSPS) is 14.0. The first kappa shape index (κ1) is 14.0. The highest BCUT2D eigenvalue weighted by atomic mass is 19.4. The van der Waals surface area contributed by atoms with Gasteiger partial charge in [0.05, 0.1) is 6.54 Å². The molecule has 2 N–H and O–H groups in total. The summed E-state index contributed by atoms with van der Waals surface area (Å²) in [4.78, 5) is 1.26. The quantitative estimate of drug-likeness (QED) is 0.861. The third kappa shape index (κ3) is 5.19. The number of hydrogen-bond donors (Lipinski definition) is 1. The summed E-state index contributed by atoms with van der Waals surface area (Å²) in [6, 6.07) is 9.10. The minimum absolute atomic E-state index is 0.210. The summed E-state index contributed by atoms with van der Waals surface area (Å²) in [6.07, 6.45) is -3.65. The third-order valence-corrected chi connectivity index (χ3v) is 2.64. The fourth-order valence-corrected chi connectivity index (χ4v) is 1.72. The van der Waals surface area contributed by atoms with Gasteiger partial charge in [-0.1, -0.05) is 30.3 Å². The van der Waals surface area contributed by atoms with E-state index in [2.05, 4.69) is 0 Å². The molecule has 96 valence electrons. The summed E-state index contributed by atoms with van der Waals surface area (Å²) >= 11 is 0. The Hall–Kier alpha value is -1.07. The Bertz CT molecular complexity index is 324. The molecule has 0 fully saturated rings. The molecule has 17 heavy (non-hydrogen) atoms. The monoisotopic (exact) mass is 246 g/mol. The van der Waals surface area contributed by atoms with Crippen LogP contribution in [0.2, 0.25) is 0 Å². The SMILES string of the molecule is CN(CC(F)(F)F)C(CN)Cc1ccccc1. The van der Waals surface area contributed by atoms with Crippen molar-refractivity contribution in [2.24, 2.45) is 5.73 Å². The zero-order valence-corrected chi connectivity index (χ0v) is 9.74. The Kier molecular flexibility index (Phi) is 4.96. The molecule has 0 aliphatic rings. The first-order chi connectivity index (χ1) is 7.92. The number of rotatable bonds is 5. The maximum Gasteiger partial charge on any atom is 0.401 e. The Balaban J connectivity index is 2.59. The molecule has 0 aliphatic carbocycles. The van der Waals surface area contributed by atoms with Crippen LogP contribution >= 0.6 is 0 Å². The Morgan fingerprint density at radius 3 is 2.29 bits per heavy atom. The first-order valence-corrected chi connectivity index (χ1v) is 5.43. The van der Waals surface area contributed by atoms with Crippen LogP contribution in [0.1, 0.15) is 5.56 Å². The molecule has 5 heteroatoms. The summed E-state index contributed by atoms with van der Waals surface area (Å²) in [5.41, 5.74) is 6.53. The summed E-state index contributed by atoms with van der Waals surface area (Å²) < 4.78 is 36.8. The van der Waals surface area contributed by atoms with Crippen molar-refractivity contribution in [2.75, 3.05) is 20.1 Å². The van der Waals surface area contributed by atoms with Crippen molar-refractivity contribution in [3.05, 3.63) is 35.9 Å². The molecule has 0 saturated heterocycles. The van der Waals surface area contributed by atoms with Crippen LogP contribution in [0.25, 0.3) is 0 Å². The van der Waals surface area contributed by atoms with Gasteiger partial charge < -0.3 is 5.73 Å². The summed E-state index contributed by atoms with van der Waals surface area (Å²) in [5, 5.41) is 0. The average Bonchev–Trinajstić information content (AvgIpc) is 2.24. The van der Waals surface area contributed by atoms with Gasteiger partial charge in [-0.05, 0) is 19.0 Å². The smallest absolute Gasteiger partial charge is 0.329 e. The van der Waals surface area contributed by atoms with E-state index in [0.29, 0.717) is 6.42 Å². The Labute approximate surface area is 99.2 Å². The van der Waals surface area contributed by atoms with E-state index in [1.807, 2.05) is 30.3 Å². The van der Waals surface area contributed by atoms with E-state index in [1.54, 1.807) is 0 Å². The molecule has 0 aliphatic heterocycles. The van der Waals surface area contributed by atoms with E-state index < -0.39 is 12.7 Å². The van der Waals surface area contributed by atoms with Gasteiger partial charge in [0.25, 0.3) is 0 Å². The lowest BCUT2D eigenvalue weighted by atomic mass is 10.1. The van der Waals surface area contributed by atoms with Crippen molar-refractivity contribution in [1.29, 1.82) is 0 Å². The molecule has 0 radical (unpaired) electrons. The molecule has 0 amide bonds. The van der Waals surface area contributed by atoms with Gasteiger partial charge in [-0.15, -0.1) is 0 Å². The highest BCUT2D eigenvalue weighted by Crippen LogP contribution is 2.18. The Morgan fingerprint density at radius 1 is 1.24 bits per heavy atom. The molecule has 1 unspecified atom stereocenters. The van der Waals surface area contributed by atoms with E-state index in [4.69, 9.17) is 5.73 Å². The van der Waals surface area contributed by atoms with E-state index in [0.717, 1.165) is 5.56 Å². The van der Waals surface area contributed by atoms with Crippen LogP contribution in [0.4, 0.5) is 13.2 Å². The predicted molar refractivity (Wildman–Crippen MR) is 61.7 cm³/mol. The molecule has 0 spiro atoms. The van der Waals surface area contributed by atoms with Crippen LogP contribution < -0.4 is 5.73 Å². The van der Waals surface area contributed by atoms with Crippen LogP contribution in [0.3, 0.4) is 0 Å². The van der Waals surface area contributed by atoms with Crippen LogP contribution in [0.5, 0.6) is 0 Å². The minimum Gasteiger partial charge on any atom is -0.329 e. The van der Waals surface area contributed by atoms with Crippen molar-refractivity contribution in [3.63, 3.8) is 0 Å². The number of nitrogens with zero attached hydrogens (tertiary/aromatic N) is 1. The third-order valence-electron chi connectivity index (χ3n) is 2.64. The molecule has 1 atom stereocenters. The highest BCUT2D eigenvalue weighted by molar-refractivity contribution is 5.16. The lowest BCUT2D eigenvalue weighted by Gasteiger charge is -2.27. The van der Waals surface area contributed by atoms with E-state index in [-0.39, 0.29) is 12.6 Å². The van der Waals surface area contributed by atoms with Gasteiger partial charge in [0, 0.05) is 12.6 Å². The minimum atomic E-state index is -4.18. The van der Waals surface area contributed by atoms with Crippen LogP contribution in [0.15, 0.2) is 30.3 Å². The second kappa shape index (κ2) is 6.02. The van der Waals surface area contributed by atoms with Crippen molar-refractivity contribution < 1.29 is 13.2 Å². The second-order valence-electron chi connectivity index (χ2n) is 4.11. The van der Waals surface area contributed by atoms with Crippen molar-refractivity contribution >= 4 is 0 Å². The number of hydrogen-bond acceptors (Lipinski definition) is 2. The van der Waals surface area contributed by atoms with E-state index in [9.17, 15) is 13.2 Å². The van der Waals surface area contributed by atoms with Crippen LogP contribution in [-0.4, -0.2) is 37.3 Å². The topological polar surface area (TPSA) is 29.3 Å². The lowest BCUT2D eigenvalue weighted by molar-refractivity contribution is -0.147. The Morgan fingerprint density at radius 2 is 1.82 bits per heavy atom. The second-order valence-corrected chi connectivity index (χ2v) is 4.11. The number of alkyl halides is 3. The molecular formula is C12H17F3N2. The fraction of sp³-hybridized carbons (Fsp3) is 0.500. The van der Waals surface area contributed by atoms with Gasteiger partial charge in [0.2, 0.25) is 0 Å². The van der Waals surface area contributed by atoms with Gasteiger partial charge in [-0.2, -0.15) is 13.2 Å². The molecule has 0 aromatic heterocycles. The molecular weight excluding hydrogens is 229 g/mol. The molecule has 0 saturated carbocycles. The maximum atomic E-state index is 12.3. The number of halogens is 3. The average molecular weight is 246 g/mol. The van der Waals surface area contributed by atoms with E-state index >= 15 is 0 Å². The molecule has 1 rings (SSSR count). The van der Waals surface area contributed by atoms with Gasteiger partial charge in [0.1, 0.15) is 0 Å². The number of benzene rings is 1. The zero-order valence-electron chi connectivity index (χ0n) is 9.74. The molecule has 0 bridgehead atoms. The van der Waals surface area contributed by atoms with Gasteiger partial charge >= 0.3 is 6.18 Å². The van der Waals surface area contributed by atoms with Crippen molar-refractivity contribution in [3.8, 4) is 0 Å². The van der Waals surface area contributed by atoms with Crippen molar-refractivity contribution in [2.45, 2.75) is 18.6 Å². The molecule has 1 aromatic rings. The standard InChI is InChI=1S/C12H17F3N2/c1-17(9-12(13,14)15)11(8-16)7-10-5-3-2-4-6-10/h2-6,11H,7-9,16H2,1H3. The van der Waals surface area contributed by atoms with Gasteiger partial charge in [-0.25, -0.2) is 0 Å². The van der Waals surface area contributed by atoms with Crippen LogP contribution in [-0.2, 0) is 6.42 Å². The first-order valence-electron chi connectivity index (χ1n) is 5.43. The maximum absolute atomic E-state index is 12.3. The fourth-order valence-electron chi connectivity index (χ4n) is 1.72. The zero-order chi connectivity index (χ0) is 12.9. The van der Waals surface area contributed by atoms with Gasteiger partial charge in [-0.3, -0.25) is 4.90 Å². The molecule has 1 aromatic carbocycles. The number of nitrogens with two attached hydrogens (primary N) is 1. The lowest BCUT2D eigenvalue weighted by Crippen LogP contribution is -2.44. The largest absolute Gasteiger partial charge is 0.401 e. The summed E-state index contributed by atoms with van der Waals surface area (Å²) in [5.74, 6) is 0. The van der Waals surface area contributed by atoms with Gasteiger partial charge in [0.15, 0.2) is 0 Å². The molecule has 0 heterocycles. The van der Waals surface area contributed by atoms with E-state index in [1.165, 1.54) is 11.9 Å². The summed E-state index contributed by atoms with van der Waals surface area (Å²) in [6.45, 7) is -0.719. The predicted octanol–water partition coefficient (Wildman–Crippen LogP) is 2.05. The highest BCUT2D eigenvalue weighted by Gasteiger charge is 2.31. The van der Waals surface area contributed by atoms with Crippen molar-refractivity contribution in [1.82, 2.24) is 4.90 Å². The molecule has 2 nitrogen and oxygen atoms in total. The number of likely N-dealkylation sites (N-methyl/N-ethyl adjacent to an activating group) is 1. The van der Waals surface area contributed by atoms with Crippen LogP contribution in [0, 0.1) is 0 Å². The summed E-state index contributed by atoms with van der Waals surface area (Å²) in [7, 11) is 1.45.